The lowest BCUT2D eigenvalue weighted by Gasteiger charge is -2.33. The Morgan fingerprint density at radius 3 is 2.66 bits per heavy atom. The summed E-state index contributed by atoms with van der Waals surface area (Å²) in [5, 5.41) is 4.10. The summed E-state index contributed by atoms with van der Waals surface area (Å²) in [5.41, 5.74) is 1.50. The van der Waals surface area contributed by atoms with Crippen LogP contribution in [0.15, 0.2) is 59.1 Å². The van der Waals surface area contributed by atoms with E-state index in [1.807, 2.05) is 53.4 Å². The van der Waals surface area contributed by atoms with Gasteiger partial charge in [-0.05, 0) is 31.0 Å². The van der Waals surface area contributed by atoms with Crippen LogP contribution in [0.1, 0.15) is 48.4 Å². The Balaban J connectivity index is 1.59. The highest BCUT2D eigenvalue weighted by Crippen LogP contribution is 2.27. The van der Waals surface area contributed by atoms with Gasteiger partial charge in [-0.15, -0.1) is 0 Å². The summed E-state index contributed by atoms with van der Waals surface area (Å²) in [6, 6.07) is 17.2. The predicted octanol–water partition coefficient (Wildman–Crippen LogP) is 4.72. The Kier molecular flexibility index (Phi) is 5.89. The Morgan fingerprint density at radius 2 is 1.90 bits per heavy atom. The first-order valence-electron chi connectivity index (χ1n) is 10.1. The van der Waals surface area contributed by atoms with Crippen molar-refractivity contribution in [3.8, 4) is 17.1 Å². The van der Waals surface area contributed by atoms with E-state index in [1.54, 1.807) is 13.2 Å². The van der Waals surface area contributed by atoms with Gasteiger partial charge in [0.05, 0.1) is 7.11 Å². The lowest BCUT2D eigenvalue weighted by atomic mass is 9.93. The second-order valence-electron chi connectivity index (χ2n) is 7.33. The Labute approximate surface area is 170 Å². The number of carbonyl (C=O) groups is 1. The molecule has 4 rings (SSSR count). The topological polar surface area (TPSA) is 68.5 Å². The van der Waals surface area contributed by atoms with Crippen LogP contribution in [-0.4, -0.2) is 34.1 Å². The van der Waals surface area contributed by atoms with Crippen LogP contribution in [0.2, 0.25) is 0 Å². The van der Waals surface area contributed by atoms with E-state index in [1.165, 1.54) is 6.42 Å². The fraction of sp³-hybridized carbons (Fsp3) is 0.348. The first-order valence-corrected chi connectivity index (χ1v) is 10.1. The minimum atomic E-state index is -0.0322. The summed E-state index contributed by atoms with van der Waals surface area (Å²) in [6.45, 7) is 0.306. The van der Waals surface area contributed by atoms with Gasteiger partial charge in [0, 0.05) is 17.2 Å². The fourth-order valence-corrected chi connectivity index (χ4v) is 3.85. The van der Waals surface area contributed by atoms with Crippen LogP contribution >= 0.6 is 0 Å². The van der Waals surface area contributed by atoms with Crippen LogP contribution in [0, 0.1) is 0 Å². The molecule has 150 valence electrons. The largest absolute Gasteiger partial charge is 0.497 e. The van der Waals surface area contributed by atoms with Crippen LogP contribution in [-0.2, 0) is 6.54 Å². The van der Waals surface area contributed by atoms with Crippen LogP contribution in [0.5, 0.6) is 5.75 Å². The monoisotopic (exact) mass is 391 g/mol. The van der Waals surface area contributed by atoms with Crippen LogP contribution in [0.25, 0.3) is 11.4 Å². The number of nitrogens with zero attached hydrogens (tertiary/aromatic N) is 3. The van der Waals surface area contributed by atoms with E-state index >= 15 is 0 Å². The normalized spacial score (nSPS) is 14.5. The smallest absolute Gasteiger partial charge is 0.254 e. The van der Waals surface area contributed by atoms with E-state index in [0.717, 1.165) is 31.2 Å². The molecule has 0 unspecified atom stereocenters. The van der Waals surface area contributed by atoms with Crippen molar-refractivity contribution in [3.63, 3.8) is 0 Å². The molecule has 0 radical (unpaired) electrons. The molecule has 1 saturated carbocycles. The van der Waals surface area contributed by atoms with E-state index in [2.05, 4.69) is 10.1 Å². The maximum absolute atomic E-state index is 13.4. The molecule has 29 heavy (non-hydrogen) atoms. The SMILES string of the molecule is COc1cccc(C(=O)N(Cc2nc(-c3ccccc3)no2)C2CCCCC2)c1. The highest BCUT2D eigenvalue weighted by atomic mass is 16.5. The molecule has 2 aromatic carbocycles. The molecule has 1 aromatic heterocycles. The maximum atomic E-state index is 13.4. The van der Waals surface area contributed by atoms with Crippen LogP contribution < -0.4 is 4.74 Å². The first-order chi connectivity index (χ1) is 14.2. The van der Waals surface area contributed by atoms with Crippen molar-refractivity contribution < 1.29 is 14.1 Å². The highest BCUT2D eigenvalue weighted by molar-refractivity contribution is 5.94. The number of carbonyl (C=O) groups excluding carboxylic acids is 1. The Hall–Kier alpha value is -3.15. The zero-order valence-corrected chi connectivity index (χ0v) is 16.6. The molecule has 3 aromatic rings. The summed E-state index contributed by atoms with van der Waals surface area (Å²) < 4.78 is 10.8. The molecule has 1 heterocycles. The van der Waals surface area contributed by atoms with Gasteiger partial charge in [-0.25, -0.2) is 0 Å². The summed E-state index contributed by atoms with van der Waals surface area (Å²) in [6.07, 6.45) is 5.47. The molecule has 1 aliphatic carbocycles. The number of hydrogen-bond donors (Lipinski definition) is 0. The Bertz CT molecular complexity index is 949. The summed E-state index contributed by atoms with van der Waals surface area (Å²) in [7, 11) is 1.60. The summed E-state index contributed by atoms with van der Waals surface area (Å²) in [5.74, 6) is 1.63. The number of rotatable bonds is 6. The van der Waals surface area contributed by atoms with Crippen LogP contribution in [0.4, 0.5) is 0 Å². The minimum absolute atomic E-state index is 0.0322. The zero-order valence-electron chi connectivity index (χ0n) is 16.6. The maximum Gasteiger partial charge on any atom is 0.254 e. The van der Waals surface area contributed by atoms with E-state index in [0.29, 0.717) is 29.6 Å². The number of hydrogen-bond acceptors (Lipinski definition) is 5. The molecule has 0 atom stereocenters. The van der Waals surface area contributed by atoms with Gasteiger partial charge in [0.1, 0.15) is 12.3 Å². The molecule has 1 fully saturated rings. The molecule has 0 saturated heterocycles. The summed E-state index contributed by atoms with van der Waals surface area (Å²) in [4.78, 5) is 19.8. The van der Waals surface area contributed by atoms with Gasteiger partial charge in [-0.2, -0.15) is 4.98 Å². The van der Waals surface area contributed by atoms with Gasteiger partial charge in [0.15, 0.2) is 0 Å². The van der Waals surface area contributed by atoms with Gasteiger partial charge in [-0.1, -0.05) is 60.8 Å². The van der Waals surface area contributed by atoms with E-state index < -0.39 is 0 Å². The van der Waals surface area contributed by atoms with E-state index in [9.17, 15) is 4.79 Å². The molecule has 0 bridgehead atoms. The quantitative estimate of drug-likeness (QED) is 0.608. The molecule has 1 aliphatic rings. The van der Waals surface area contributed by atoms with Crippen molar-refractivity contribution in [2.24, 2.45) is 0 Å². The van der Waals surface area contributed by atoms with Crippen molar-refractivity contribution >= 4 is 5.91 Å². The summed E-state index contributed by atoms with van der Waals surface area (Å²) >= 11 is 0. The van der Waals surface area contributed by atoms with Gasteiger partial charge in [0.2, 0.25) is 11.7 Å². The third-order valence-corrected chi connectivity index (χ3v) is 5.40. The molecule has 6 nitrogen and oxygen atoms in total. The molecule has 0 spiro atoms. The van der Waals surface area contributed by atoms with E-state index in [4.69, 9.17) is 9.26 Å². The van der Waals surface area contributed by atoms with Gasteiger partial charge < -0.3 is 14.2 Å². The molecular weight excluding hydrogens is 366 g/mol. The minimum Gasteiger partial charge on any atom is -0.497 e. The van der Waals surface area contributed by atoms with Crippen LogP contribution in [0.3, 0.4) is 0 Å². The van der Waals surface area contributed by atoms with E-state index in [-0.39, 0.29) is 11.9 Å². The Morgan fingerprint density at radius 1 is 1.10 bits per heavy atom. The molecule has 6 heteroatoms. The van der Waals surface area contributed by atoms with Crippen molar-refractivity contribution in [2.75, 3.05) is 7.11 Å². The standard InChI is InChI=1S/C23H25N3O3/c1-28-20-14-8-11-18(15-20)23(27)26(19-12-6-3-7-13-19)16-21-24-22(25-29-21)17-9-4-2-5-10-17/h2,4-5,8-11,14-15,19H,3,6-7,12-13,16H2,1H3. The number of aromatic nitrogens is 2. The van der Waals surface area contributed by atoms with Gasteiger partial charge in [-0.3, -0.25) is 4.79 Å². The lowest BCUT2D eigenvalue weighted by molar-refractivity contribution is 0.0585. The first kappa shape index (κ1) is 19.2. The molecule has 0 N–H and O–H groups in total. The molecular formula is C23H25N3O3. The second kappa shape index (κ2) is 8.90. The third-order valence-electron chi connectivity index (χ3n) is 5.40. The van der Waals surface area contributed by atoms with Crippen molar-refractivity contribution in [1.29, 1.82) is 0 Å². The van der Waals surface area contributed by atoms with Crippen molar-refractivity contribution in [1.82, 2.24) is 15.0 Å². The molecule has 1 amide bonds. The lowest BCUT2D eigenvalue weighted by Crippen LogP contribution is -2.41. The number of ether oxygens (including phenoxy) is 1. The van der Waals surface area contributed by atoms with Gasteiger partial charge in [0.25, 0.3) is 5.91 Å². The predicted molar refractivity (Wildman–Crippen MR) is 109 cm³/mol. The number of benzene rings is 2. The molecule has 0 aliphatic heterocycles. The number of amides is 1. The average Bonchev–Trinajstić information content (AvgIpc) is 3.27. The fourth-order valence-electron chi connectivity index (χ4n) is 3.85. The zero-order chi connectivity index (χ0) is 20.1. The van der Waals surface area contributed by atoms with Crippen molar-refractivity contribution in [3.05, 3.63) is 66.1 Å². The third kappa shape index (κ3) is 4.47. The van der Waals surface area contributed by atoms with Crippen molar-refractivity contribution in [2.45, 2.75) is 44.7 Å². The second-order valence-corrected chi connectivity index (χ2v) is 7.33. The van der Waals surface area contributed by atoms with Gasteiger partial charge >= 0.3 is 0 Å². The number of methoxy groups -OCH3 is 1. The highest BCUT2D eigenvalue weighted by Gasteiger charge is 2.28. The average molecular weight is 391 g/mol.